The maximum absolute atomic E-state index is 5.75. The normalized spacial score (nSPS) is 10.6. The van der Waals surface area contributed by atoms with Crippen LogP contribution in [0.4, 0.5) is 11.5 Å². The van der Waals surface area contributed by atoms with E-state index >= 15 is 0 Å². The highest BCUT2D eigenvalue weighted by Gasteiger charge is 2.03. The van der Waals surface area contributed by atoms with E-state index in [0.717, 1.165) is 21.4 Å². The predicted octanol–water partition coefficient (Wildman–Crippen LogP) is 3.03. The molecule has 94 valence electrons. The molecular formula is C13H16N4S. The summed E-state index contributed by atoms with van der Waals surface area (Å²) in [5.41, 5.74) is 6.50. The van der Waals surface area contributed by atoms with Gasteiger partial charge in [-0.25, -0.2) is 4.98 Å². The molecule has 0 bridgehead atoms. The highest BCUT2D eigenvalue weighted by Crippen LogP contribution is 2.27. The van der Waals surface area contributed by atoms with Crippen LogP contribution in [0.5, 0.6) is 0 Å². The maximum atomic E-state index is 5.75. The molecule has 3 N–H and O–H groups in total. The second kappa shape index (κ2) is 5.73. The van der Waals surface area contributed by atoms with Gasteiger partial charge < -0.3 is 11.1 Å². The summed E-state index contributed by atoms with van der Waals surface area (Å²) in [6.07, 6.45) is 3.47. The van der Waals surface area contributed by atoms with E-state index in [1.165, 1.54) is 0 Å². The number of hydrogen-bond acceptors (Lipinski definition) is 5. The first kappa shape index (κ1) is 12.7. The third kappa shape index (κ3) is 3.63. The summed E-state index contributed by atoms with van der Waals surface area (Å²) in [7, 11) is 0. The summed E-state index contributed by atoms with van der Waals surface area (Å²) >= 11 is 1.55. The van der Waals surface area contributed by atoms with Gasteiger partial charge in [0.05, 0.1) is 12.4 Å². The molecule has 5 heteroatoms. The van der Waals surface area contributed by atoms with Crippen LogP contribution in [0.15, 0.2) is 46.6 Å². The van der Waals surface area contributed by atoms with Crippen molar-refractivity contribution in [1.82, 2.24) is 9.97 Å². The molecule has 0 fully saturated rings. The fraction of sp³-hybridized carbons (Fsp3) is 0.231. The van der Waals surface area contributed by atoms with Crippen LogP contribution >= 0.6 is 11.8 Å². The van der Waals surface area contributed by atoms with E-state index in [-0.39, 0.29) is 0 Å². The number of hydrogen-bond donors (Lipinski definition) is 2. The summed E-state index contributed by atoms with van der Waals surface area (Å²) in [4.78, 5) is 9.73. The van der Waals surface area contributed by atoms with E-state index in [1.54, 1.807) is 24.2 Å². The summed E-state index contributed by atoms with van der Waals surface area (Å²) < 4.78 is 0. The molecule has 1 aromatic heterocycles. The molecule has 0 amide bonds. The van der Waals surface area contributed by atoms with E-state index in [0.29, 0.717) is 6.04 Å². The van der Waals surface area contributed by atoms with Crippen molar-refractivity contribution in [1.29, 1.82) is 0 Å². The van der Waals surface area contributed by atoms with Crippen molar-refractivity contribution < 1.29 is 0 Å². The van der Waals surface area contributed by atoms with Crippen molar-refractivity contribution >= 4 is 23.3 Å². The van der Waals surface area contributed by atoms with Crippen LogP contribution in [0.25, 0.3) is 0 Å². The van der Waals surface area contributed by atoms with Crippen molar-refractivity contribution in [2.24, 2.45) is 0 Å². The van der Waals surface area contributed by atoms with Crippen molar-refractivity contribution in [3.05, 3.63) is 36.7 Å². The van der Waals surface area contributed by atoms with Gasteiger partial charge in [-0.05, 0) is 32.0 Å². The number of nitrogen functional groups attached to an aromatic ring is 1. The van der Waals surface area contributed by atoms with Gasteiger partial charge in [0.25, 0.3) is 0 Å². The molecule has 4 nitrogen and oxygen atoms in total. The molecule has 2 aromatic rings. The maximum Gasteiger partial charge on any atom is 0.146 e. The zero-order chi connectivity index (χ0) is 13.0. The van der Waals surface area contributed by atoms with Gasteiger partial charge in [0.2, 0.25) is 0 Å². The second-order valence-corrected chi connectivity index (χ2v) is 5.31. The molecule has 0 radical (unpaired) electrons. The Morgan fingerprint density at radius 3 is 2.83 bits per heavy atom. The Labute approximate surface area is 111 Å². The minimum absolute atomic E-state index is 0.340. The van der Waals surface area contributed by atoms with Crippen LogP contribution in [0.1, 0.15) is 13.8 Å². The topological polar surface area (TPSA) is 63.8 Å². The van der Waals surface area contributed by atoms with E-state index in [9.17, 15) is 0 Å². The van der Waals surface area contributed by atoms with Crippen molar-refractivity contribution in [2.45, 2.75) is 29.8 Å². The minimum Gasteiger partial charge on any atom is -0.399 e. The number of nitrogens with two attached hydrogens (primary N) is 1. The first-order valence-corrected chi connectivity index (χ1v) is 6.57. The number of nitrogens with one attached hydrogen (secondary N) is 1. The van der Waals surface area contributed by atoms with Gasteiger partial charge >= 0.3 is 0 Å². The number of aromatic nitrogens is 2. The molecule has 0 saturated heterocycles. The average Bonchev–Trinajstić information content (AvgIpc) is 2.28. The molecule has 1 heterocycles. The van der Waals surface area contributed by atoms with Gasteiger partial charge in [-0.3, -0.25) is 4.98 Å². The molecule has 0 aliphatic rings. The van der Waals surface area contributed by atoms with Crippen LogP contribution in [-0.4, -0.2) is 16.0 Å². The highest BCUT2D eigenvalue weighted by molar-refractivity contribution is 7.99. The number of nitrogens with zero attached hydrogens (tertiary/aromatic N) is 2. The van der Waals surface area contributed by atoms with Crippen molar-refractivity contribution in [3.8, 4) is 0 Å². The van der Waals surface area contributed by atoms with E-state index < -0.39 is 0 Å². The Bertz CT molecular complexity index is 528. The lowest BCUT2D eigenvalue weighted by atomic mass is 10.3. The molecule has 0 aliphatic heterocycles. The Hall–Kier alpha value is -1.75. The minimum atomic E-state index is 0.340. The van der Waals surface area contributed by atoms with Gasteiger partial charge in [-0.2, -0.15) is 0 Å². The number of rotatable bonds is 4. The Balaban J connectivity index is 2.14. The molecule has 0 aliphatic carbocycles. The van der Waals surface area contributed by atoms with Crippen LogP contribution in [0, 0.1) is 0 Å². The third-order valence-electron chi connectivity index (χ3n) is 2.13. The zero-order valence-electron chi connectivity index (χ0n) is 10.4. The molecule has 18 heavy (non-hydrogen) atoms. The second-order valence-electron chi connectivity index (χ2n) is 4.22. The molecular weight excluding hydrogens is 244 g/mol. The highest BCUT2D eigenvalue weighted by atomic mass is 32.2. The molecule has 0 atom stereocenters. The summed E-state index contributed by atoms with van der Waals surface area (Å²) in [6.45, 7) is 4.14. The fourth-order valence-corrected chi connectivity index (χ4v) is 2.30. The number of benzene rings is 1. The van der Waals surface area contributed by atoms with E-state index in [1.807, 2.05) is 24.3 Å². The monoisotopic (exact) mass is 260 g/mol. The molecule has 0 unspecified atom stereocenters. The lowest BCUT2D eigenvalue weighted by Crippen LogP contribution is -2.11. The number of anilines is 2. The predicted molar refractivity (Wildman–Crippen MR) is 75.8 cm³/mol. The Kier molecular flexibility index (Phi) is 4.04. The molecule has 0 spiro atoms. The average molecular weight is 260 g/mol. The Morgan fingerprint density at radius 1 is 1.28 bits per heavy atom. The van der Waals surface area contributed by atoms with Crippen molar-refractivity contribution in [2.75, 3.05) is 11.1 Å². The lowest BCUT2D eigenvalue weighted by Gasteiger charge is -2.09. The molecule has 0 saturated carbocycles. The zero-order valence-corrected chi connectivity index (χ0v) is 11.2. The quantitative estimate of drug-likeness (QED) is 0.827. The summed E-state index contributed by atoms with van der Waals surface area (Å²) in [5, 5.41) is 4.08. The summed E-state index contributed by atoms with van der Waals surface area (Å²) in [6, 6.07) is 8.07. The van der Waals surface area contributed by atoms with Gasteiger partial charge in [0, 0.05) is 16.6 Å². The molecule has 2 rings (SSSR count). The Morgan fingerprint density at radius 2 is 2.11 bits per heavy atom. The standard InChI is InChI=1S/C13H16N4S/c1-9(2)16-12-7-15-8-13(17-12)18-11-5-3-4-10(14)6-11/h3-9H,14H2,1-2H3,(H,16,17). The van der Waals surface area contributed by atoms with E-state index in [2.05, 4.69) is 29.1 Å². The lowest BCUT2D eigenvalue weighted by molar-refractivity contribution is 0.875. The fourth-order valence-electron chi connectivity index (χ4n) is 1.46. The van der Waals surface area contributed by atoms with Crippen LogP contribution in [-0.2, 0) is 0 Å². The smallest absolute Gasteiger partial charge is 0.146 e. The van der Waals surface area contributed by atoms with Crippen molar-refractivity contribution in [3.63, 3.8) is 0 Å². The van der Waals surface area contributed by atoms with E-state index in [4.69, 9.17) is 5.73 Å². The van der Waals surface area contributed by atoms with Gasteiger partial charge in [0.15, 0.2) is 0 Å². The SMILES string of the molecule is CC(C)Nc1cncc(Sc2cccc(N)c2)n1. The molecule has 1 aromatic carbocycles. The van der Waals surface area contributed by atoms with Gasteiger partial charge in [0.1, 0.15) is 10.8 Å². The van der Waals surface area contributed by atoms with Gasteiger partial charge in [-0.15, -0.1) is 0 Å². The third-order valence-corrected chi connectivity index (χ3v) is 3.02. The largest absolute Gasteiger partial charge is 0.399 e. The first-order valence-electron chi connectivity index (χ1n) is 5.75. The summed E-state index contributed by atoms with van der Waals surface area (Å²) in [5.74, 6) is 0.791. The van der Waals surface area contributed by atoms with Crippen LogP contribution < -0.4 is 11.1 Å². The van der Waals surface area contributed by atoms with Gasteiger partial charge in [-0.1, -0.05) is 17.8 Å². The first-order chi connectivity index (χ1) is 8.63. The van der Waals surface area contributed by atoms with Crippen LogP contribution in [0.2, 0.25) is 0 Å². The van der Waals surface area contributed by atoms with Crippen LogP contribution in [0.3, 0.4) is 0 Å².